The largest absolute Gasteiger partial charge is 0.461 e. The van der Waals surface area contributed by atoms with Gasteiger partial charge in [-0.1, -0.05) is 91.0 Å². The number of ether oxygens (including phenoxy) is 6. The molecule has 0 bridgehead atoms. The summed E-state index contributed by atoms with van der Waals surface area (Å²) < 4.78 is 45.7. The van der Waals surface area contributed by atoms with Crippen molar-refractivity contribution in [2.75, 3.05) is 39.5 Å². The van der Waals surface area contributed by atoms with Gasteiger partial charge in [0.25, 0.3) is 0 Å². The van der Waals surface area contributed by atoms with E-state index in [4.69, 9.17) is 28.4 Å². The lowest BCUT2D eigenvalue weighted by Crippen LogP contribution is -2.50. The summed E-state index contributed by atoms with van der Waals surface area (Å²) in [6.07, 6.45) is -0.179. The monoisotopic (exact) mass is 1040 g/mol. The Labute approximate surface area is 432 Å². The number of halogens is 1. The third-order valence-electron chi connectivity index (χ3n) is 10.6. The van der Waals surface area contributed by atoms with E-state index in [-0.39, 0.29) is 91.1 Å². The summed E-state index contributed by atoms with van der Waals surface area (Å²) in [6, 6.07) is 22.9. The number of carbonyl (C=O) groups is 8. The molecule has 0 aliphatic carbocycles. The lowest BCUT2D eigenvalue weighted by Gasteiger charge is -2.22. The first-order valence-electron chi connectivity index (χ1n) is 24.8. The number of hydrogen-bond acceptors (Lipinski definition) is 15. The first-order chi connectivity index (χ1) is 35.5. The molecule has 0 spiro atoms. The highest BCUT2D eigenvalue weighted by atomic mass is 19.2. The highest BCUT2D eigenvalue weighted by Gasteiger charge is 2.27. The molecule has 74 heavy (non-hydrogen) atoms. The molecule has 0 aromatic heterocycles. The smallest absolute Gasteiger partial charge is 0.407 e. The molecule has 3 rings (SSSR count). The average molecular weight is 1040 g/mol. The van der Waals surface area contributed by atoms with Crippen molar-refractivity contribution in [1.29, 1.82) is 0 Å². The van der Waals surface area contributed by atoms with Gasteiger partial charge >= 0.3 is 24.0 Å². The lowest BCUT2D eigenvalue weighted by molar-refractivity contribution is -0.150. The Kier molecular flexibility index (Phi) is 29.2. The molecular formula is C53H73FN6O14. The zero-order valence-corrected chi connectivity index (χ0v) is 42.8. The average Bonchev–Trinajstić information content (AvgIpc) is 3.38. The molecule has 3 aromatic carbocycles. The summed E-state index contributed by atoms with van der Waals surface area (Å²) in [6.45, 7) is 6.83. The minimum Gasteiger partial charge on any atom is -0.461 e. The molecule has 6 N–H and O–H groups in total. The Balaban J connectivity index is 1.51. The van der Waals surface area contributed by atoms with Crippen LogP contribution in [0.2, 0.25) is 0 Å². The molecule has 406 valence electrons. The van der Waals surface area contributed by atoms with Gasteiger partial charge in [0.05, 0.1) is 19.8 Å². The summed E-state index contributed by atoms with van der Waals surface area (Å²) in [5.74, 6) is -4.46. The van der Waals surface area contributed by atoms with E-state index >= 15 is 0 Å². The predicted molar refractivity (Wildman–Crippen MR) is 269 cm³/mol. The van der Waals surface area contributed by atoms with Crippen molar-refractivity contribution in [3.63, 3.8) is 0 Å². The summed E-state index contributed by atoms with van der Waals surface area (Å²) in [4.78, 5) is 103. The fourth-order valence-corrected chi connectivity index (χ4v) is 6.73. The first-order valence-corrected chi connectivity index (χ1v) is 24.8. The van der Waals surface area contributed by atoms with Crippen LogP contribution in [0.15, 0.2) is 91.0 Å². The van der Waals surface area contributed by atoms with Gasteiger partial charge in [0, 0.05) is 38.4 Å². The second kappa shape index (κ2) is 35.2. The summed E-state index contributed by atoms with van der Waals surface area (Å²) in [7, 11) is 0. The molecule has 0 fully saturated rings. The Morgan fingerprint density at radius 3 is 1.62 bits per heavy atom. The maximum atomic E-state index is 13.6. The normalized spacial score (nSPS) is 12.7. The van der Waals surface area contributed by atoms with E-state index in [2.05, 4.69) is 26.6 Å². The number of hydrogen-bond donors (Lipinski definition) is 6. The molecule has 0 heterocycles. The van der Waals surface area contributed by atoms with E-state index in [0.717, 1.165) is 11.1 Å². The minimum absolute atomic E-state index is 0.00902. The lowest BCUT2D eigenvalue weighted by atomic mass is 10.1. The van der Waals surface area contributed by atoms with Crippen LogP contribution < -0.4 is 32.1 Å². The molecule has 5 amide bonds. The van der Waals surface area contributed by atoms with Crippen LogP contribution in [0.25, 0.3) is 0 Å². The van der Waals surface area contributed by atoms with Crippen molar-refractivity contribution in [1.82, 2.24) is 32.1 Å². The second-order valence-corrected chi connectivity index (χ2v) is 18.2. The Morgan fingerprint density at radius 1 is 0.527 bits per heavy atom. The molecule has 0 aliphatic rings. The Morgan fingerprint density at radius 2 is 1.05 bits per heavy atom. The van der Waals surface area contributed by atoms with Crippen LogP contribution in [0.4, 0.5) is 9.28 Å². The van der Waals surface area contributed by atoms with Crippen LogP contribution >= 0.6 is 0 Å². The Bertz CT molecular complexity index is 2170. The zero-order chi connectivity index (χ0) is 54.0. The molecule has 3 aromatic rings. The maximum Gasteiger partial charge on any atom is 0.407 e. The molecule has 4 atom stereocenters. The maximum absolute atomic E-state index is 13.6. The molecular weight excluding hydrogens is 964 g/mol. The van der Waals surface area contributed by atoms with Gasteiger partial charge in [-0.05, 0) is 82.9 Å². The molecule has 0 radical (unpaired) electrons. The number of alkyl carbamates (subject to hydrolysis) is 1. The topological polar surface area (TPSA) is 264 Å². The van der Waals surface area contributed by atoms with Crippen molar-refractivity contribution in [2.45, 2.75) is 135 Å². The van der Waals surface area contributed by atoms with Crippen LogP contribution in [0.1, 0.15) is 102 Å². The molecule has 4 unspecified atom stereocenters. The summed E-state index contributed by atoms with van der Waals surface area (Å²) in [5.41, 5.74) is 3.15. The van der Waals surface area contributed by atoms with Gasteiger partial charge in [0.1, 0.15) is 50.2 Å². The number of benzene rings is 3. The van der Waals surface area contributed by atoms with Crippen molar-refractivity contribution < 1.29 is 71.3 Å². The van der Waals surface area contributed by atoms with E-state index < -0.39 is 84.0 Å². The van der Waals surface area contributed by atoms with Gasteiger partial charge in [0.2, 0.25) is 23.6 Å². The van der Waals surface area contributed by atoms with Crippen LogP contribution in [0.3, 0.4) is 0 Å². The highest BCUT2D eigenvalue weighted by molar-refractivity contribution is 5.89. The van der Waals surface area contributed by atoms with Crippen LogP contribution in [0.5, 0.6) is 0 Å². The highest BCUT2D eigenvalue weighted by Crippen LogP contribution is 2.11. The fraction of sp³-hybridized carbons (Fsp3) is 0.509. The molecule has 0 saturated carbocycles. The number of rotatable bonds is 35. The standard InChI is InChI=1S/C53H73FN6O14/c1-38(23-27-47(63)71-34-39-16-8-5-9-17-39)57-50(66)42(58-46(62)37-70-33-32-69-31-30-55-49(65)43(60-54)22-14-15-29-56-52(68)74-53(2,3)4)24-26-45(61)59-44(51(67)73-36-41-20-12-7-13-21-41)25-28-48(64)72-35-40-18-10-6-11-19-40/h5-13,16-21,38,42-44,60H,14-15,22-37H2,1-4H3,(H,55,65)(H,56,68)(H,57,66)(H,58,62)(H,59,61). The number of nitrogens with one attached hydrogen (secondary N) is 6. The minimum atomic E-state index is -1.27. The quantitative estimate of drug-likeness (QED) is 0.0202. The van der Waals surface area contributed by atoms with Gasteiger partial charge in [-0.3, -0.25) is 28.8 Å². The van der Waals surface area contributed by atoms with Crippen molar-refractivity contribution in [3.05, 3.63) is 108 Å². The third kappa shape index (κ3) is 28.3. The van der Waals surface area contributed by atoms with Gasteiger partial charge in [-0.2, -0.15) is 0 Å². The molecule has 0 aliphatic heterocycles. The van der Waals surface area contributed by atoms with Gasteiger partial charge in [-0.25, -0.2) is 9.59 Å². The number of amides is 5. The van der Waals surface area contributed by atoms with Gasteiger partial charge in [-0.15, -0.1) is 10.0 Å². The van der Waals surface area contributed by atoms with Gasteiger partial charge in [0.15, 0.2) is 0 Å². The summed E-state index contributed by atoms with van der Waals surface area (Å²) in [5, 5.41) is 13.2. The van der Waals surface area contributed by atoms with E-state index in [1.54, 1.807) is 82.3 Å². The number of unbranched alkanes of at least 4 members (excludes halogenated alkanes) is 1. The number of carbonyl (C=O) groups excluding carboxylic acids is 8. The second-order valence-electron chi connectivity index (χ2n) is 18.2. The third-order valence-corrected chi connectivity index (χ3v) is 10.6. The van der Waals surface area contributed by atoms with Crippen molar-refractivity contribution >= 4 is 47.6 Å². The molecule has 0 saturated heterocycles. The molecule has 21 heteroatoms. The van der Waals surface area contributed by atoms with Crippen LogP contribution in [0, 0.1) is 0 Å². The van der Waals surface area contributed by atoms with Crippen LogP contribution in [-0.4, -0.2) is 117 Å². The Hall–Kier alpha value is -6.97. The summed E-state index contributed by atoms with van der Waals surface area (Å²) >= 11 is 0. The van der Waals surface area contributed by atoms with Crippen molar-refractivity contribution in [3.8, 4) is 0 Å². The predicted octanol–water partition coefficient (Wildman–Crippen LogP) is 4.72. The van der Waals surface area contributed by atoms with Gasteiger partial charge < -0.3 is 55.0 Å². The fourth-order valence-electron chi connectivity index (χ4n) is 6.73. The van der Waals surface area contributed by atoms with E-state index in [1.807, 2.05) is 36.4 Å². The zero-order valence-electron chi connectivity index (χ0n) is 42.8. The van der Waals surface area contributed by atoms with E-state index in [0.29, 0.717) is 24.9 Å². The molecule has 20 nitrogen and oxygen atoms in total. The van der Waals surface area contributed by atoms with E-state index in [1.165, 1.54) is 5.54 Å². The van der Waals surface area contributed by atoms with Crippen molar-refractivity contribution in [2.24, 2.45) is 0 Å². The SMILES string of the molecule is CC(CCC(=O)OCc1ccccc1)NC(=O)C(CCC(=O)NC(CCC(=O)OCc1ccccc1)C(=O)OCc1ccccc1)NC(=O)COCCOCCNC(=O)C(CCCCNC(=O)OC(C)(C)C)NF. The first kappa shape index (κ1) is 61.3. The number of esters is 3. The van der Waals surface area contributed by atoms with E-state index in [9.17, 15) is 42.8 Å². The van der Waals surface area contributed by atoms with Crippen LogP contribution in [-0.2, 0) is 81.8 Å².